The van der Waals surface area contributed by atoms with Crippen LogP contribution >= 0.6 is 15.9 Å². The van der Waals surface area contributed by atoms with Crippen molar-refractivity contribution in [3.05, 3.63) is 52.0 Å². The fraction of sp³-hybridized carbons (Fsp3) is 0.333. The molecule has 0 aromatic heterocycles. The van der Waals surface area contributed by atoms with Crippen molar-refractivity contribution in [2.45, 2.75) is 27.2 Å². The highest BCUT2D eigenvalue weighted by atomic mass is 79.9. The Morgan fingerprint density at radius 1 is 1.00 bits per heavy atom. The lowest BCUT2D eigenvalue weighted by atomic mass is 10.2. The molecule has 2 aromatic rings. The zero-order valence-corrected chi connectivity index (χ0v) is 17.9. The predicted molar refractivity (Wildman–Crippen MR) is 114 cm³/mol. The van der Waals surface area contributed by atoms with E-state index in [4.69, 9.17) is 14.2 Å². The van der Waals surface area contributed by atoms with Crippen molar-refractivity contribution in [3.8, 4) is 17.2 Å². The highest BCUT2D eigenvalue weighted by molar-refractivity contribution is 9.10. The molecule has 0 atom stereocenters. The molecule has 0 saturated carbocycles. The van der Waals surface area contributed by atoms with Gasteiger partial charge in [-0.15, -0.1) is 0 Å². The Labute approximate surface area is 174 Å². The molecule has 0 aliphatic rings. The van der Waals surface area contributed by atoms with Crippen LogP contribution in [0, 0.1) is 0 Å². The quantitative estimate of drug-likeness (QED) is 0.418. The minimum Gasteiger partial charge on any atom is -0.492 e. The summed E-state index contributed by atoms with van der Waals surface area (Å²) in [7, 11) is 0. The fourth-order valence-corrected chi connectivity index (χ4v) is 2.86. The van der Waals surface area contributed by atoms with E-state index < -0.39 is 0 Å². The van der Waals surface area contributed by atoms with Crippen LogP contribution in [0.15, 0.2) is 46.0 Å². The normalized spacial score (nSPS) is 10.7. The van der Waals surface area contributed by atoms with Gasteiger partial charge in [0, 0.05) is 5.56 Å². The number of benzene rings is 2. The van der Waals surface area contributed by atoms with Gasteiger partial charge in [-0.1, -0.05) is 6.92 Å². The Bertz CT molecular complexity index is 824. The summed E-state index contributed by atoms with van der Waals surface area (Å²) in [5, 5.41) is 4.03. The Kier molecular flexibility index (Phi) is 8.81. The molecule has 0 radical (unpaired) electrons. The van der Waals surface area contributed by atoms with Gasteiger partial charge < -0.3 is 14.2 Å². The molecule has 2 aromatic carbocycles. The third kappa shape index (κ3) is 6.27. The number of nitrogens with one attached hydrogen (secondary N) is 1. The number of rotatable bonds is 10. The molecule has 1 N–H and O–H groups in total. The molecule has 6 nitrogen and oxygen atoms in total. The average Bonchev–Trinajstić information content (AvgIpc) is 2.69. The van der Waals surface area contributed by atoms with Crippen molar-refractivity contribution in [1.29, 1.82) is 0 Å². The predicted octanol–water partition coefficient (Wildman–Crippen LogP) is 4.80. The van der Waals surface area contributed by atoms with Gasteiger partial charge in [-0.25, -0.2) is 5.43 Å². The number of carbonyl (C=O) groups is 1. The van der Waals surface area contributed by atoms with Crippen LogP contribution < -0.4 is 19.6 Å². The summed E-state index contributed by atoms with van der Waals surface area (Å²) in [6.45, 7) is 7.49. The molecule has 1 amide bonds. The van der Waals surface area contributed by atoms with Crippen LogP contribution in [0.2, 0.25) is 0 Å². The Balaban J connectivity index is 2.03. The van der Waals surface area contributed by atoms with Gasteiger partial charge in [-0.3, -0.25) is 4.79 Å². The van der Waals surface area contributed by atoms with Gasteiger partial charge in [0.25, 0.3) is 5.91 Å². The van der Waals surface area contributed by atoms with E-state index in [0.717, 1.165) is 22.2 Å². The lowest BCUT2D eigenvalue weighted by Gasteiger charge is -2.11. The molecule has 0 aliphatic heterocycles. The molecule has 28 heavy (non-hydrogen) atoms. The van der Waals surface area contributed by atoms with Crippen LogP contribution in [0.5, 0.6) is 17.2 Å². The Hall–Kier alpha value is -2.54. The van der Waals surface area contributed by atoms with E-state index in [1.165, 1.54) is 0 Å². The summed E-state index contributed by atoms with van der Waals surface area (Å²) in [5.41, 5.74) is 3.79. The third-order valence-corrected chi connectivity index (χ3v) is 4.22. The van der Waals surface area contributed by atoms with Crippen molar-refractivity contribution in [2.24, 2.45) is 5.10 Å². The number of hydrogen-bond donors (Lipinski definition) is 1. The van der Waals surface area contributed by atoms with Crippen molar-refractivity contribution in [2.75, 3.05) is 19.8 Å². The number of ether oxygens (including phenoxy) is 3. The van der Waals surface area contributed by atoms with Gasteiger partial charge >= 0.3 is 0 Å². The molecule has 0 fully saturated rings. The number of hydrazone groups is 1. The maximum Gasteiger partial charge on any atom is 0.271 e. The van der Waals surface area contributed by atoms with Crippen LogP contribution in [-0.4, -0.2) is 31.9 Å². The SMILES string of the molecule is CCCOc1ccc(/C=N/NC(=O)c2ccc(OCC)c(OCC)c2)cc1Br. The average molecular weight is 449 g/mol. The first-order valence-electron chi connectivity index (χ1n) is 9.24. The van der Waals surface area contributed by atoms with Crippen LogP contribution in [-0.2, 0) is 0 Å². The highest BCUT2D eigenvalue weighted by Crippen LogP contribution is 2.28. The van der Waals surface area contributed by atoms with Gasteiger partial charge in [-0.05, 0) is 78.2 Å². The van der Waals surface area contributed by atoms with E-state index in [2.05, 4.69) is 33.4 Å². The summed E-state index contributed by atoms with van der Waals surface area (Å²) >= 11 is 3.48. The maximum atomic E-state index is 12.3. The number of carbonyl (C=O) groups excluding carboxylic acids is 1. The molecule has 7 heteroatoms. The van der Waals surface area contributed by atoms with Crippen molar-refractivity contribution in [3.63, 3.8) is 0 Å². The standard InChI is InChI=1S/C21H25BrN2O4/c1-4-11-28-18-9-7-15(12-17(18)22)14-23-24-21(25)16-8-10-19(26-5-2)20(13-16)27-6-3/h7-10,12-14H,4-6,11H2,1-3H3,(H,24,25)/b23-14+. The van der Waals surface area contributed by atoms with Crippen molar-refractivity contribution >= 4 is 28.1 Å². The first-order valence-corrected chi connectivity index (χ1v) is 10.0. The molecular weight excluding hydrogens is 424 g/mol. The number of nitrogens with zero attached hydrogens (tertiary/aromatic N) is 1. The molecule has 0 heterocycles. The molecule has 0 spiro atoms. The molecular formula is C21H25BrN2O4. The monoisotopic (exact) mass is 448 g/mol. The summed E-state index contributed by atoms with van der Waals surface area (Å²) in [6.07, 6.45) is 2.52. The fourth-order valence-electron chi connectivity index (χ4n) is 2.35. The lowest BCUT2D eigenvalue weighted by molar-refractivity contribution is 0.0954. The summed E-state index contributed by atoms with van der Waals surface area (Å²) in [6, 6.07) is 10.7. The number of amides is 1. The van der Waals surface area contributed by atoms with E-state index in [-0.39, 0.29) is 5.91 Å². The summed E-state index contributed by atoms with van der Waals surface area (Å²) in [4.78, 5) is 12.3. The van der Waals surface area contributed by atoms with Gasteiger partial charge in [0.2, 0.25) is 0 Å². The molecule has 0 saturated heterocycles. The van der Waals surface area contributed by atoms with Crippen molar-refractivity contribution in [1.82, 2.24) is 5.43 Å². The van der Waals surface area contributed by atoms with E-state index >= 15 is 0 Å². The van der Waals surface area contributed by atoms with E-state index in [9.17, 15) is 4.79 Å². The molecule has 0 aliphatic carbocycles. The van der Waals surface area contributed by atoms with Gasteiger partial charge in [0.15, 0.2) is 11.5 Å². The zero-order chi connectivity index (χ0) is 20.4. The number of hydrogen-bond acceptors (Lipinski definition) is 5. The molecule has 0 unspecified atom stereocenters. The Morgan fingerprint density at radius 3 is 2.39 bits per heavy atom. The largest absolute Gasteiger partial charge is 0.492 e. The van der Waals surface area contributed by atoms with Crippen LogP contribution in [0.25, 0.3) is 0 Å². The zero-order valence-electron chi connectivity index (χ0n) is 16.3. The second-order valence-corrected chi connectivity index (χ2v) is 6.62. The minimum atomic E-state index is -0.331. The molecule has 2 rings (SSSR count). The maximum absolute atomic E-state index is 12.3. The van der Waals surface area contributed by atoms with Crippen molar-refractivity contribution < 1.29 is 19.0 Å². The first-order chi connectivity index (χ1) is 13.6. The summed E-state index contributed by atoms with van der Waals surface area (Å²) in [5.74, 6) is 1.59. The molecule has 0 bridgehead atoms. The van der Waals surface area contributed by atoms with E-state index in [0.29, 0.717) is 36.9 Å². The second kappa shape index (κ2) is 11.3. The highest BCUT2D eigenvalue weighted by Gasteiger charge is 2.11. The number of halogens is 1. The van der Waals surface area contributed by atoms with Crippen LogP contribution in [0.1, 0.15) is 43.1 Å². The molecule has 150 valence electrons. The Morgan fingerprint density at radius 2 is 1.71 bits per heavy atom. The van der Waals surface area contributed by atoms with Gasteiger partial charge in [0.1, 0.15) is 5.75 Å². The smallest absolute Gasteiger partial charge is 0.271 e. The second-order valence-electron chi connectivity index (χ2n) is 5.76. The third-order valence-electron chi connectivity index (χ3n) is 3.60. The van der Waals surface area contributed by atoms with Gasteiger partial charge in [-0.2, -0.15) is 5.10 Å². The first kappa shape index (κ1) is 21.8. The van der Waals surface area contributed by atoms with E-state index in [1.807, 2.05) is 32.0 Å². The topological polar surface area (TPSA) is 69.2 Å². The van der Waals surface area contributed by atoms with E-state index in [1.54, 1.807) is 24.4 Å². The van der Waals surface area contributed by atoms with Gasteiger partial charge in [0.05, 0.1) is 30.5 Å². The van der Waals surface area contributed by atoms with Crippen LogP contribution in [0.4, 0.5) is 0 Å². The lowest BCUT2D eigenvalue weighted by Crippen LogP contribution is -2.17. The van der Waals surface area contributed by atoms with Crippen LogP contribution in [0.3, 0.4) is 0 Å². The minimum absolute atomic E-state index is 0.331. The summed E-state index contributed by atoms with van der Waals surface area (Å²) < 4.78 is 17.5.